The SMILES string of the molecule is COc1c(Oc2ccc(C(F)(F)F)c(OC)c2C(=O)Nc2cc(C(N)=O)ncc2C)ccc(OC(F)(F)F)c1F. The highest BCUT2D eigenvalue weighted by Crippen LogP contribution is 2.45. The van der Waals surface area contributed by atoms with Crippen LogP contribution in [0.3, 0.4) is 0 Å². The number of nitrogens with one attached hydrogen (secondary N) is 1. The summed E-state index contributed by atoms with van der Waals surface area (Å²) in [6.45, 7) is 1.46. The Balaban J connectivity index is 2.17. The molecule has 1 heterocycles. The van der Waals surface area contributed by atoms with Crippen LogP contribution in [-0.4, -0.2) is 37.4 Å². The Hall–Kier alpha value is -4.76. The van der Waals surface area contributed by atoms with Crippen molar-refractivity contribution < 1.29 is 59.3 Å². The Kier molecular flexibility index (Phi) is 8.31. The highest BCUT2D eigenvalue weighted by molar-refractivity contribution is 6.09. The zero-order valence-electron chi connectivity index (χ0n) is 20.6. The maximum absolute atomic E-state index is 14.7. The second kappa shape index (κ2) is 11.2. The van der Waals surface area contributed by atoms with Crippen LogP contribution in [0, 0.1) is 12.7 Å². The number of hydrogen-bond donors (Lipinski definition) is 2. The van der Waals surface area contributed by atoms with Crippen molar-refractivity contribution in [1.82, 2.24) is 4.98 Å². The molecule has 0 saturated carbocycles. The largest absolute Gasteiger partial charge is 0.573 e. The van der Waals surface area contributed by atoms with Crippen molar-refractivity contribution in [3.8, 4) is 28.7 Å². The summed E-state index contributed by atoms with van der Waals surface area (Å²) in [6, 6.07) is 3.62. The summed E-state index contributed by atoms with van der Waals surface area (Å²) in [5.41, 5.74) is 2.92. The lowest BCUT2D eigenvalue weighted by Gasteiger charge is -2.20. The molecule has 0 bridgehead atoms. The molecule has 3 N–H and O–H groups in total. The molecule has 3 rings (SSSR count). The molecule has 3 aromatic rings. The van der Waals surface area contributed by atoms with E-state index in [1.807, 2.05) is 0 Å². The number of aryl methyl sites for hydroxylation is 1. The molecule has 0 fully saturated rings. The average Bonchev–Trinajstić information content (AvgIpc) is 2.85. The molecular formula is C24H18F7N3O6. The van der Waals surface area contributed by atoms with Gasteiger partial charge >= 0.3 is 12.5 Å². The molecule has 0 aliphatic heterocycles. The van der Waals surface area contributed by atoms with Gasteiger partial charge in [-0.05, 0) is 42.8 Å². The number of primary amides is 1. The average molecular weight is 577 g/mol. The maximum Gasteiger partial charge on any atom is 0.573 e. The molecule has 16 heteroatoms. The van der Waals surface area contributed by atoms with E-state index in [9.17, 15) is 40.3 Å². The quantitative estimate of drug-likeness (QED) is 0.334. The second-order valence-corrected chi connectivity index (χ2v) is 7.78. The Bertz CT molecular complexity index is 1460. The zero-order valence-corrected chi connectivity index (χ0v) is 20.6. The Morgan fingerprint density at radius 1 is 0.925 bits per heavy atom. The van der Waals surface area contributed by atoms with E-state index in [2.05, 4.69) is 15.0 Å². The lowest BCUT2D eigenvalue weighted by atomic mass is 10.1. The van der Waals surface area contributed by atoms with Gasteiger partial charge in [0.1, 0.15) is 22.8 Å². The van der Waals surface area contributed by atoms with E-state index >= 15 is 0 Å². The van der Waals surface area contributed by atoms with E-state index < -0.39 is 70.0 Å². The number of alkyl halides is 6. The van der Waals surface area contributed by atoms with Crippen LogP contribution in [0.4, 0.5) is 36.4 Å². The Morgan fingerprint density at radius 2 is 1.52 bits per heavy atom. The minimum atomic E-state index is -5.25. The Labute approximate surface area is 220 Å². The number of pyridine rings is 1. The summed E-state index contributed by atoms with van der Waals surface area (Å²) in [5.74, 6) is -8.29. The molecule has 214 valence electrons. The molecular weight excluding hydrogens is 559 g/mol. The number of nitrogens with two attached hydrogens (primary N) is 1. The van der Waals surface area contributed by atoms with Gasteiger partial charge in [-0.2, -0.15) is 17.6 Å². The zero-order chi connectivity index (χ0) is 30.0. The van der Waals surface area contributed by atoms with Crippen molar-refractivity contribution in [2.75, 3.05) is 19.5 Å². The first kappa shape index (κ1) is 29.8. The second-order valence-electron chi connectivity index (χ2n) is 7.78. The number of aromatic nitrogens is 1. The molecule has 0 aliphatic carbocycles. The summed E-state index contributed by atoms with van der Waals surface area (Å²) >= 11 is 0. The predicted octanol–water partition coefficient (Wildman–Crippen LogP) is 5.61. The normalized spacial score (nSPS) is 11.6. The summed E-state index contributed by atoms with van der Waals surface area (Å²) in [4.78, 5) is 28.6. The van der Waals surface area contributed by atoms with Gasteiger partial charge in [-0.15, -0.1) is 13.2 Å². The van der Waals surface area contributed by atoms with Crippen LogP contribution >= 0.6 is 0 Å². The fourth-order valence-corrected chi connectivity index (χ4v) is 3.39. The smallest absolute Gasteiger partial charge is 0.495 e. The van der Waals surface area contributed by atoms with E-state index in [4.69, 9.17) is 19.9 Å². The highest BCUT2D eigenvalue weighted by Gasteiger charge is 2.38. The molecule has 9 nitrogen and oxygen atoms in total. The summed E-state index contributed by atoms with van der Waals surface area (Å²) < 4.78 is 112. The fraction of sp³-hybridized carbons (Fsp3) is 0.208. The summed E-state index contributed by atoms with van der Waals surface area (Å²) in [7, 11) is 1.73. The number of benzene rings is 2. The first-order valence-electron chi connectivity index (χ1n) is 10.7. The van der Waals surface area contributed by atoms with Gasteiger partial charge < -0.3 is 30.0 Å². The first-order valence-corrected chi connectivity index (χ1v) is 10.7. The molecule has 1 aromatic heterocycles. The van der Waals surface area contributed by atoms with E-state index in [0.29, 0.717) is 18.2 Å². The number of carbonyl (C=O) groups is 2. The van der Waals surface area contributed by atoms with Gasteiger partial charge in [0.25, 0.3) is 11.8 Å². The topological polar surface area (TPSA) is 122 Å². The van der Waals surface area contributed by atoms with E-state index in [0.717, 1.165) is 26.4 Å². The molecule has 0 unspecified atom stereocenters. The van der Waals surface area contributed by atoms with Crippen LogP contribution in [0.2, 0.25) is 0 Å². The number of halogens is 7. The molecule has 0 saturated heterocycles. The monoisotopic (exact) mass is 577 g/mol. The molecule has 0 spiro atoms. The summed E-state index contributed by atoms with van der Waals surface area (Å²) in [6.07, 6.45) is -9.08. The number of anilines is 1. The van der Waals surface area contributed by atoms with Crippen molar-refractivity contribution in [2.24, 2.45) is 5.73 Å². The fourth-order valence-electron chi connectivity index (χ4n) is 3.39. The van der Waals surface area contributed by atoms with Gasteiger partial charge in [0.05, 0.1) is 19.8 Å². The molecule has 0 aliphatic rings. The standard InChI is InChI=1S/C24H18F7N3O6/c1-10-9-33-13(21(32)35)8-12(10)34-22(36)17-14(5-4-11(19(17)37-2)23(26,27)28)39-16-7-6-15(40-24(29,30)31)18(25)20(16)38-3/h4-9H,1-3H3,(H2,32,35)(H,33,34,36). The number of methoxy groups -OCH3 is 2. The lowest BCUT2D eigenvalue weighted by molar-refractivity contribution is -0.275. The van der Waals surface area contributed by atoms with Crippen molar-refractivity contribution in [3.63, 3.8) is 0 Å². The highest BCUT2D eigenvalue weighted by atomic mass is 19.4. The van der Waals surface area contributed by atoms with E-state index in [1.165, 1.54) is 13.1 Å². The number of amides is 2. The number of rotatable bonds is 8. The number of ether oxygens (including phenoxy) is 4. The van der Waals surface area contributed by atoms with Crippen molar-refractivity contribution in [1.29, 1.82) is 0 Å². The molecule has 2 amide bonds. The third-order valence-electron chi connectivity index (χ3n) is 5.14. The van der Waals surface area contributed by atoms with Crippen LogP contribution in [0.1, 0.15) is 32.0 Å². The Morgan fingerprint density at radius 3 is 2.08 bits per heavy atom. The third kappa shape index (κ3) is 6.44. The molecule has 2 aromatic carbocycles. The van der Waals surface area contributed by atoms with Gasteiger partial charge in [0, 0.05) is 11.9 Å². The molecule has 40 heavy (non-hydrogen) atoms. The summed E-state index contributed by atoms with van der Waals surface area (Å²) in [5, 5.41) is 2.31. The van der Waals surface area contributed by atoms with Crippen molar-refractivity contribution >= 4 is 17.5 Å². The van der Waals surface area contributed by atoms with Crippen LogP contribution in [0.5, 0.6) is 28.7 Å². The van der Waals surface area contributed by atoms with Gasteiger partial charge in [-0.1, -0.05) is 0 Å². The van der Waals surface area contributed by atoms with Crippen LogP contribution in [0.15, 0.2) is 36.5 Å². The number of carbonyl (C=O) groups excluding carboxylic acids is 2. The van der Waals surface area contributed by atoms with Crippen molar-refractivity contribution in [3.05, 3.63) is 64.7 Å². The van der Waals surface area contributed by atoms with E-state index in [1.54, 1.807) is 0 Å². The van der Waals surface area contributed by atoms with E-state index in [-0.39, 0.29) is 16.9 Å². The van der Waals surface area contributed by atoms with Gasteiger partial charge in [-0.3, -0.25) is 14.6 Å². The number of nitrogens with zero attached hydrogens (tertiary/aromatic N) is 1. The predicted molar refractivity (Wildman–Crippen MR) is 123 cm³/mol. The van der Waals surface area contributed by atoms with Crippen molar-refractivity contribution in [2.45, 2.75) is 19.5 Å². The molecule has 0 atom stereocenters. The lowest BCUT2D eigenvalue weighted by Crippen LogP contribution is -2.19. The minimum absolute atomic E-state index is 0.0588. The first-order chi connectivity index (χ1) is 18.6. The van der Waals surface area contributed by atoms with Gasteiger partial charge in [-0.25, -0.2) is 0 Å². The minimum Gasteiger partial charge on any atom is -0.495 e. The van der Waals surface area contributed by atoms with Crippen LogP contribution < -0.4 is 30.0 Å². The van der Waals surface area contributed by atoms with Gasteiger partial charge in [0.2, 0.25) is 11.6 Å². The molecule has 0 radical (unpaired) electrons. The number of hydrogen-bond acceptors (Lipinski definition) is 7. The van der Waals surface area contributed by atoms with Crippen LogP contribution in [0.25, 0.3) is 0 Å². The third-order valence-corrected chi connectivity index (χ3v) is 5.14. The maximum atomic E-state index is 14.7. The van der Waals surface area contributed by atoms with Gasteiger partial charge in [0.15, 0.2) is 11.5 Å². The van der Waals surface area contributed by atoms with Crippen LogP contribution in [-0.2, 0) is 6.18 Å².